The normalized spacial score (nSPS) is 28.8. The molecule has 12 rings (SSSR count). The molecular weight excluding hydrogens is 1500 g/mol. The summed E-state index contributed by atoms with van der Waals surface area (Å²) in [5, 5.41) is 27.7. The number of hydrogen-bond acceptors (Lipinski definition) is 9. The van der Waals surface area contributed by atoms with Crippen molar-refractivity contribution in [2.75, 3.05) is 55.8 Å². The average molecular weight is 1600 g/mol. The zero-order valence-corrected chi connectivity index (χ0v) is 74.1. The lowest BCUT2D eigenvalue weighted by Crippen LogP contribution is -2.92. The number of hydrogen-bond donors (Lipinski definition) is 2. The molecule has 10 nitrogen and oxygen atoms in total. The zero-order chi connectivity index (χ0) is 88.3. The summed E-state index contributed by atoms with van der Waals surface area (Å²) in [6.45, 7) is 10.5. The van der Waals surface area contributed by atoms with Crippen LogP contribution in [-0.2, 0) is 19.1 Å². The van der Waals surface area contributed by atoms with Crippen molar-refractivity contribution in [3.63, 3.8) is 0 Å². The first-order chi connectivity index (χ1) is 55.8. The van der Waals surface area contributed by atoms with Gasteiger partial charge in [-0.05, 0) is 262 Å². The molecule has 120 heavy (non-hydrogen) atoms. The number of Topliss-reactive ketones (excluding diaryl/α,β-unsaturated/α-hetero) is 1. The third-order valence-electron chi connectivity index (χ3n) is 31.7. The topological polar surface area (TPSA) is 124 Å². The number of benzene rings is 4. The molecule has 560 valence electrons. The van der Waals surface area contributed by atoms with Gasteiger partial charge in [-0.25, -0.2) is 5.06 Å². The molecular formula is C69H98B40BrNO9. The molecule has 8 fully saturated rings. The Labute approximate surface area is 768 Å². The number of halogens is 1. The van der Waals surface area contributed by atoms with E-state index in [2.05, 4.69) is 66.2 Å². The summed E-state index contributed by atoms with van der Waals surface area (Å²) in [4.78, 5) is 32.3. The Morgan fingerprint density at radius 2 is 0.758 bits per heavy atom. The second kappa shape index (κ2) is 43.8. The molecule has 0 heterocycles. The number of ether oxygens (including phenoxy) is 4. The first-order valence-electron chi connectivity index (χ1n) is 43.3. The third kappa shape index (κ3) is 22.4. The van der Waals surface area contributed by atoms with Crippen LogP contribution in [0.1, 0.15) is 161 Å². The van der Waals surface area contributed by atoms with Crippen molar-refractivity contribution in [1.29, 1.82) is 0 Å². The van der Waals surface area contributed by atoms with E-state index >= 15 is 0 Å². The smallest absolute Gasteiger partial charge is 0.249 e. The number of nitrogens with zero attached hydrogens (tertiary/aromatic N) is 1. The van der Waals surface area contributed by atoms with Gasteiger partial charge in [-0.3, -0.25) is 14.4 Å². The lowest BCUT2D eigenvalue weighted by Gasteiger charge is -2.62. The highest BCUT2D eigenvalue weighted by Crippen LogP contribution is 2.70. The van der Waals surface area contributed by atoms with Crippen LogP contribution in [0.4, 0.5) is 0 Å². The van der Waals surface area contributed by atoms with Crippen LogP contribution in [-0.4, -0.2) is 378 Å². The molecule has 16 atom stereocenters. The number of fused-ring (bicyclic) bond motifs is 12. The lowest BCUT2D eigenvalue weighted by molar-refractivity contribution is -0.188. The minimum absolute atomic E-state index is 0. The number of aliphatic hydroxyl groups is 2. The first-order valence-corrected chi connectivity index (χ1v) is 44.1. The number of rotatable bonds is 28. The van der Waals surface area contributed by atoms with Gasteiger partial charge in [-0.2, -0.15) is 0 Å². The number of hydroxylamine groups is 2. The van der Waals surface area contributed by atoms with Gasteiger partial charge in [0.05, 0.1) is 45.7 Å². The van der Waals surface area contributed by atoms with E-state index in [1.807, 2.05) is 64.5 Å². The van der Waals surface area contributed by atoms with E-state index in [-0.39, 0.29) is 46.8 Å². The molecule has 8 aliphatic rings. The average Bonchev–Trinajstić information content (AvgIpc) is 1.46. The van der Waals surface area contributed by atoms with Gasteiger partial charge in [0.25, 0.3) is 0 Å². The fourth-order valence-corrected chi connectivity index (χ4v) is 26.5. The van der Waals surface area contributed by atoms with Crippen molar-refractivity contribution in [2.24, 2.45) is 80.8 Å². The van der Waals surface area contributed by atoms with E-state index in [1.165, 1.54) is 60.8 Å². The highest BCUT2D eigenvalue weighted by Gasteiger charge is 2.66. The number of ketones is 1. The minimum atomic E-state index is -1.25. The second-order valence-electron chi connectivity index (χ2n) is 38.5. The number of carbonyl (C=O) groups is 2. The van der Waals surface area contributed by atoms with Crippen LogP contribution in [0.5, 0.6) is 11.5 Å². The Hall–Kier alpha value is -0.983. The molecule has 0 bridgehead atoms. The summed E-state index contributed by atoms with van der Waals surface area (Å²) < 4.78 is 23.4. The van der Waals surface area contributed by atoms with E-state index in [0.717, 1.165) is 116 Å². The van der Waals surface area contributed by atoms with Crippen molar-refractivity contribution < 1.29 is 43.6 Å². The van der Waals surface area contributed by atoms with Crippen molar-refractivity contribution >= 4 is 333 Å². The van der Waals surface area contributed by atoms with Gasteiger partial charge in [-0.15, -0.1) is 0 Å². The maximum Gasteiger partial charge on any atom is 0.249 e. The van der Waals surface area contributed by atoms with Crippen LogP contribution in [0, 0.1) is 80.8 Å². The number of carbonyl (C=O) groups excluding carboxylic acids is 2. The standard InChI is InChI=1S/C33H44O4.C24H41NO4.C11H9BrO.CH4.B40/c1-31(35)15-16-33(20-36-3)24(19-31)8-10-26-27-11-12-29(32(27,2)14-13-28(26)33)30(34)23-6-5-22-18-25(37-4)9-7-21(22)17-23;1-22(27)12-13-24(15-28-4)16(14-22)6-7-17-18-8-9-20(21(26)25(3)29-5)23(18,2)11-10-19(17)24;1-13-11-5-3-8-6-10(12)4-2-9(8)7-11;;1-22(2)32(21)37(31(19)20)40(38(33(23(3)4)24(5)6)34(25(7)8)26(9)10)39(35(27(11)12)28(13)14)36(29(15)16)30(17)18/h5-7,9,17-18,24,26-29,35H,8,10-16,19-20H2,1-4H3;16-20,27H,6-15H2,1-5H3;2-7H,1H3;1H4;/t24-,26-,27-,28-,29+,31+,32-,33+;16-,17-,18-,19-,20+,22+,23-,24+;;;/m00.../s1. The lowest BCUT2D eigenvalue weighted by atomic mass is 8.27. The Balaban J connectivity index is 0.000000208. The van der Waals surface area contributed by atoms with Crippen LogP contribution in [0.25, 0.3) is 21.5 Å². The van der Waals surface area contributed by atoms with E-state index in [9.17, 15) is 19.8 Å². The molecule has 8 aliphatic carbocycles. The summed E-state index contributed by atoms with van der Waals surface area (Å²) in [5.41, 5.74) is 0.387. The van der Waals surface area contributed by atoms with Crippen molar-refractivity contribution in [3.8, 4) is 11.5 Å². The predicted octanol–water partition coefficient (Wildman–Crippen LogP) is 0.125. The first kappa shape index (κ1) is 104. The predicted molar refractivity (Wildman–Crippen MR) is 554 cm³/mol. The van der Waals surface area contributed by atoms with E-state index < -0.39 is 133 Å². The molecule has 1 amide bonds. The van der Waals surface area contributed by atoms with Crippen LogP contribution >= 0.6 is 15.9 Å². The maximum absolute atomic E-state index is 14.0. The molecule has 51 heteroatoms. The van der Waals surface area contributed by atoms with Crippen molar-refractivity contribution in [2.45, 2.75) is 162 Å². The van der Waals surface area contributed by atoms with Crippen molar-refractivity contribution in [3.05, 3.63) is 82.8 Å². The van der Waals surface area contributed by atoms with Gasteiger partial charge in [0.1, 0.15) is 11.5 Å². The van der Waals surface area contributed by atoms with E-state index in [0.29, 0.717) is 53.1 Å². The van der Waals surface area contributed by atoms with Gasteiger partial charge >= 0.3 is 0 Å². The summed E-state index contributed by atoms with van der Waals surface area (Å²) in [6.07, 6.45) is -2.06. The Morgan fingerprint density at radius 3 is 1.12 bits per heavy atom. The van der Waals surface area contributed by atoms with Gasteiger partial charge in [0.15, 0.2) is 5.78 Å². The SMILES string of the molecule is C.COC[C@]12CC[C@@](C)(O)C[C@@H]1CC[C@H]1[C@@H]3CC[C@H](C(=O)N(C)OC)[C@@]3(C)CC[C@@H]12.COC[C@]12CC[C@@](C)(O)C[C@@H]1CC[C@H]1[C@@H]3CC[C@H](C(=O)c4ccc5cc(OC)ccc5c4)[C@@]3(C)CC[C@@H]12.COc1ccc2cc(Br)ccc2c1.[B]B([B])B([B])B(B([B])[B])B(B(B(B([B])[B])B([B])[B])B(B([B])[B])B([B])[B])B(B(B([B])[B])B([B])[B])B(B([B])[B])B([B])[B]. The molecule has 2 N–H and O–H groups in total. The van der Waals surface area contributed by atoms with Crippen LogP contribution in [0.2, 0.25) is 0 Å². The van der Waals surface area contributed by atoms with E-state index in [1.54, 1.807) is 28.4 Å². The molecule has 0 saturated heterocycles. The monoisotopic (exact) mass is 1600 g/mol. The zero-order valence-electron chi connectivity index (χ0n) is 72.5. The Bertz CT molecular complexity index is 3860. The summed E-state index contributed by atoms with van der Waals surface area (Å²) in [6, 6.07) is 24.5. The number of methoxy groups -OCH3 is 4. The van der Waals surface area contributed by atoms with Crippen LogP contribution in [0.3, 0.4) is 0 Å². The Morgan fingerprint density at radius 1 is 0.408 bits per heavy atom. The minimum Gasteiger partial charge on any atom is -0.497 e. The van der Waals surface area contributed by atoms with E-state index in [4.69, 9.17) is 186 Å². The molecule has 0 aliphatic heterocycles. The summed E-state index contributed by atoms with van der Waals surface area (Å²) in [7, 11) is 141. The van der Waals surface area contributed by atoms with Gasteiger partial charge in [0, 0.05) is 327 Å². The molecule has 0 unspecified atom stereocenters. The molecule has 4 aromatic rings. The maximum atomic E-state index is 14.0. The molecule has 4 aromatic carbocycles. The molecule has 42 radical (unpaired) electrons. The fraction of sp³-hybridized carbons (Fsp3) is 0.681. The summed E-state index contributed by atoms with van der Waals surface area (Å²) >= 11 is 3.44. The van der Waals surface area contributed by atoms with Gasteiger partial charge in [0.2, 0.25) is 5.91 Å². The van der Waals surface area contributed by atoms with Gasteiger partial charge in [-0.1, -0.05) is 67.5 Å². The molecule has 0 spiro atoms. The fourth-order valence-electron chi connectivity index (χ4n) is 26.2. The van der Waals surface area contributed by atoms with Crippen molar-refractivity contribution in [1.82, 2.24) is 5.06 Å². The van der Waals surface area contributed by atoms with Gasteiger partial charge < -0.3 is 29.2 Å². The van der Waals surface area contributed by atoms with Crippen LogP contribution in [0.15, 0.2) is 77.3 Å². The largest absolute Gasteiger partial charge is 0.497 e. The Kier molecular flexibility index (Phi) is 38.1. The van der Waals surface area contributed by atoms with Crippen LogP contribution < -0.4 is 9.47 Å². The quantitative estimate of drug-likeness (QED) is 0.0465. The third-order valence-corrected chi connectivity index (χ3v) is 32.2. The number of amides is 1. The summed E-state index contributed by atoms with van der Waals surface area (Å²) in [5.74, 6) is 7.48. The second-order valence-corrected chi connectivity index (χ2v) is 39.4. The highest BCUT2D eigenvalue weighted by molar-refractivity contribution is 9.10. The highest BCUT2D eigenvalue weighted by atomic mass is 79.9. The molecule has 8 saturated carbocycles. The molecule has 0 aromatic heterocycles.